The van der Waals surface area contributed by atoms with Crippen LogP contribution >= 0.6 is 0 Å². The van der Waals surface area contributed by atoms with E-state index in [-0.39, 0.29) is 23.9 Å². The van der Waals surface area contributed by atoms with Crippen LogP contribution in [-0.4, -0.2) is 43.7 Å². The van der Waals surface area contributed by atoms with E-state index in [2.05, 4.69) is 20.8 Å². The summed E-state index contributed by atoms with van der Waals surface area (Å²) in [6.07, 6.45) is 1.19. The van der Waals surface area contributed by atoms with Crippen molar-refractivity contribution in [3.05, 3.63) is 5.89 Å². The molecule has 2 N–H and O–H groups in total. The third-order valence-electron chi connectivity index (χ3n) is 2.17. The van der Waals surface area contributed by atoms with Crippen LogP contribution in [0.15, 0.2) is 4.42 Å². The molecule has 8 heteroatoms. The van der Waals surface area contributed by atoms with Crippen LogP contribution in [0.25, 0.3) is 0 Å². The van der Waals surface area contributed by atoms with E-state index in [4.69, 9.17) is 4.42 Å². The third-order valence-corrected chi connectivity index (χ3v) is 3.27. The molecule has 1 aromatic rings. The molecule has 2 atom stereocenters. The topological polar surface area (TPSA) is 97.1 Å². The first-order valence-corrected chi connectivity index (χ1v) is 7.33. The Labute approximate surface area is 101 Å². The summed E-state index contributed by atoms with van der Waals surface area (Å²) in [5, 5.41) is 13.5. The fourth-order valence-electron chi connectivity index (χ4n) is 1.30. The zero-order chi connectivity index (χ0) is 13.1. The second-order valence-corrected chi connectivity index (χ2v) is 6.28. The monoisotopic (exact) mass is 262 g/mol. The molecule has 17 heavy (non-hydrogen) atoms. The maximum absolute atomic E-state index is 11.1. The highest BCUT2D eigenvalue weighted by Gasteiger charge is 2.15. The smallest absolute Gasteiger partial charge is 0.315 e. The van der Waals surface area contributed by atoms with Crippen molar-refractivity contribution in [1.29, 1.82) is 0 Å². The Bertz CT molecular complexity index is 457. The highest BCUT2D eigenvalue weighted by atomic mass is 32.2. The number of hydrogen-bond acceptors (Lipinski definition) is 7. The van der Waals surface area contributed by atoms with Crippen LogP contribution in [0.1, 0.15) is 25.8 Å². The van der Waals surface area contributed by atoms with Gasteiger partial charge in [0.05, 0.1) is 11.8 Å². The molecule has 0 radical (unpaired) electrons. The van der Waals surface area contributed by atoms with E-state index >= 15 is 0 Å². The van der Waals surface area contributed by atoms with E-state index < -0.39 is 9.84 Å². The number of anilines is 1. The van der Waals surface area contributed by atoms with Gasteiger partial charge in [-0.3, -0.25) is 0 Å². The van der Waals surface area contributed by atoms with Gasteiger partial charge in [0.1, 0.15) is 9.84 Å². The fourth-order valence-corrected chi connectivity index (χ4v) is 2.29. The van der Waals surface area contributed by atoms with Crippen LogP contribution in [0.2, 0.25) is 0 Å². The van der Waals surface area contributed by atoms with Crippen LogP contribution < -0.4 is 10.6 Å². The summed E-state index contributed by atoms with van der Waals surface area (Å²) < 4.78 is 27.5. The molecule has 1 heterocycles. The second-order valence-electron chi connectivity index (χ2n) is 4.09. The highest BCUT2D eigenvalue weighted by Crippen LogP contribution is 2.13. The third kappa shape index (κ3) is 4.70. The highest BCUT2D eigenvalue weighted by molar-refractivity contribution is 7.90. The van der Waals surface area contributed by atoms with Gasteiger partial charge in [-0.15, -0.1) is 5.10 Å². The number of sulfone groups is 1. The number of nitrogens with zero attached hydrogens (tertiary/aromatic N) is 2. The average molecular weight is 262 g/mol. The fraction of sp³-hybridized carbons (Fsp3) is 0.778. The average Bonchev–Trinajstić information content (AvgIpc) is 2.62. The van der Waals surface area contributed by atoms with Gasteiger partial charge in [0.2, 0.25) is 5.89 Å². The zero-order valence-corrected chi connectivity index (χ0v) is 11.2. The predicted molar refractivity (Wildman–Crippen MR) is 64.6 cm³/mol. The maximum atomic E-state index is 11.1. The Kier molecular flexibility index (Phi) is 4.47. The van der Waals surface area contributed by atoms with Crippen molar-refractivity contribution in [3.63, 3.8) is 0 Å². The molecule has 7 nitrogen and oxygen atoms in total. The van der Waals surface area contributed by atoms with Crippen LogP contribution in [0.4, 0.5) is 6.01 Å². The largest absolute Gasteiger partial charge is 0.406 e. The molecular formula is C9H18N4O3S. The number of rotatable bonds is 6. The van der Waals surface area contributed by atoms with Crippen LogP contribution in [0.3, 0.4) is 0 Å². The Morgan fingerprint density at radius 3 is 2.53 bits per heavy atom. The number of hydrogen-bond donors (Lipinski definition) is 2. The lowest BCUT2D eigenvalue weighted by Gasteiger charge is -2.09. The van der Waals surface area contributed by atoms with Crippen molar-refractivity contribution in [3.8, 4) is 0 Å². The first-order chi connectivity index (χ1) is 7.81. The quantitative estimate of drug-likeness (QED) is 0.755. The lowest BCUT2D eigenvalue weighted by Crippen LogP contribution is -2.25. The van der Waals surface area contributed by atoms with Gasteiger partial charge in [-0.05, 0) is 20.9 Å². The van der Waals surface area contributed by atoms with Gasteiger partial charge in [-0.25, -0.2) is 8.42 Å². The van der Waals surface area contributed by atoms with Crippen molar-refractivity contribution in [2.45, 2.75) is 25.9 Å². The minimum Gasteiger partial charge on any atom is -0.406 e. The molecule has 1 rings (SSSR count). The van der Waals surface area contributed by atoms with E-state index in [1.165, 1.54) is 6.26 Å². The number of nitrogens with one attached hydrogen (secondary N) is 2. The van der Waals surface area contributed by atoms with Crippen LogP contribution in [0, 0.1) is 0 Å². The molecule has 0 saturated carbocycles. The van der Waals surface area contributed by atoms with Gasteiger partial charge in [0.15, 0.2) is 0 Å². The lowest BCUT2D eigenvalue weighted by atomic mass is 10.3. The summed E-state index contributed by atoms with van der Waals surface area (Å²) in [4.78, 5) is 0. The van der Waals surface area contributed by atoms with E-state index in [0.29, 0.717) is 5.89 Å². The van der Waals surface area contributed by atoms with Crippen molar-refractivity contribution in [1.82, 2.24) is 15.5 Å². The predicted octanol–water partition coefficient (Wildman–Crippen LogP) is 0.195. The summed E-state index contributed by atoms with van der Waals surface area (Å²) in [6.45, 7) is 3.63. The molecule has 2 unspecified atom stereocenters. The van der Waals surface area contributed by atoms with Crippen molar-refractivity contribution in [2.24, 2.45) is 0 Å². The van der Waals surface area contributed by atoms with Crippen molar-refractivity contribution in [2.75, 3.05) is 24.4 Å². The van der Waals surface area contributed by atoms with Gasteiger partial charge in [-0.2, -0.15) is 0 Å². The minimum absolute atomic E-state index is 0.0201. The Balaban J connectivity index is 2.60. The molecule has 0 aliphatic rings. The molecule has 0 aromatic carbocycles. The minimum atomic E-state index is -3.02. The van der Waals surface area contributed by atoms with E-state index in [0.717, 1.165) is 0 Å². The van der Waals surface area contributed by atoms with Crippen LogP contribution in [-0.2, 0) is 9.84 Å². The summed E-state index contributed by atoms with van der Waals surface area (Å²) in [5.41, 5.74) is 0. The summed E-state index contributed by atoms with van der Waals surface area (Å²) in [7, 11) is -1.24. The van der Waals surface area contributed by atoms with E-state index in [9.17, 15) is 8.42 Å². The maximum Gasteiger partial charge on any atom is 0.315 e. The van der Waals surface area contributed by atoms with Crippen LogP contribution in [0.5, 0.6) is 0 Å². The Morgan fingerprint density at radius 1 is 1.35 bits per heavy atom. The molecule has 0 aliphatic carbocycles. The first-order valence-electron chi connectivity index (χ1n) is 5.26. The first kappa shape index (κ1) is 13.9. The molecule has 0 aliphatic heterocycles. The molecule has 98 valence electrons. The normalized spacial score (nSPS) is 15.5. The van der Waals surface area contributed by atoms with Gasteiger partial charge < -0.3 is 15.1 Å². The summed E-state index contributed by atoms with van der Waals surface area (Å²) >= 11 is 0. The van der Waals surface area contributed by atoms with Gasteiger partial charge in [0, 0.05) is 12.3 Å². The second kappa shape index (κ2) is 5.46. The lowest BCUT2D eigenvalue weighted by molar-refractivity contribution is 0.439. The molecule has 0 spiro atoms. The summed E-state index contributed by atoms with van der Waals surface area (Å²) in [6, 6.07) is -0.0790. The zero-order valence-electron chi connectivity index (χ0n) is 10.4. The molecule has 0 saturated heterocycles. The van der Waals surface area contributed by atoms with E-state index in [1.807, 2.05) is 6.92 Å². The Hall–Kier alpha value is -1.15. The molecular weight excluding hydrogens is 244 g/mol. The van der Waals surface area contributed by atoms with E-state index in [1.54, 1.807) is 14.0 Å². The molecule has 0 bridgehead atoms. The SMILES string of the molecule is CNC(C)c1nnc(NC(C)CS(C)(=O)=O)o1. The molecule has 0 amide bonds. The van der Waals surface area contributed by atoms with Gasteiger partial charge >= 0.3 is 6.01 Å². The van der Waals surface area contributed by atoms with Crippen molar-refractivity contribution < 1.29 is 12.8 Å². The molecule has 1 aromatic heterocycles. The van der Waals surface area contributed by atoms with Crippen molar-refractivity contribution >= 4 is 15.9 Å². The number of aromatic nitrogens is 2. The summed E-state index contributed by atoms with van der Waals surface area (Å²) in [5.74, 6) is 0.480. The molecule has 0 fully saturated rings. The van der Waals surface area contributed by atoms with Gasteiger partial charge in [0.25, 0.3) is 0 Å². The standard InChI is InChI=1S/C9H18N4O3S/c1-6(5-17(4,14)15)11-9-13-12-8(16-9)7(2)10-3/h6-7,10H,5H2,1-4H3,(H,11,13). The Morgan fingerprint density at radius 2 is 2.00 bits per heavy atom. The van der Waals surface area contributed by atoms with Gasteiger partial charge in [-0.1, -0.05) is 5.10 Å².